The summed E-state index contributed by atoms with van der Waals surface area (Å²) in [5.41, 5.74) is 0.789. The number of ether oxygens (including phenoxy) is 1. The van der Waals surface area contributed by atoms with Crippen LogP contribution in [0.5, 0.6) is 0 Å². The fourth-order valence-electron chi connectivity index (χ4n) is 1.69. The van der Waals surface area contributed by atoms with E-state index < -0.39 is 12.1 Å². The van der Waals surface area contributed by atoms with E-state index in [4.69, 9.17) is 15.1 Å². The van der Waals surface area contributed by atoms with Gasteiger partial charge in [-0.15, -0.1) is 11.3 Å². The van der Waals surface area contributed by atoms with Crippen molar-refractivity contribution in [3.8, 4) is 6.07 Å². The summed E-state index contributed by atoms with van der Waals surface area (Å²) in [5.74, 6) is -0.819. The molecule has 0 saturated carbocycles. The number of aryl methyl sites for hydroxylation is 1. The zero-order chi connectivity index (χ0) is 13.0. The minimum atomic E-state index is -0.819. The predicted molar refractivity (Wildman–Crippen MR) is 65.6 cm³/mol. The molecule has 1 aromatic rings. The van der Waals surface area contributed by atoms with Crippen LogP contribution in [0.1, 0.15) is 12.1 Å². The van der Waals surface area contributed by atoms with Gasteiger partial charge in [-0.2, -0.15) is 5.26 Å². The first-order valence-electron chi connectivity index (χ1n) is 5.61. The first-order valence-corrected chi connectivity index (χ1v) is 6.49. The first-order chi connectivity index (χ1) is 8.69. The maximum atomic E-state index is 10.5. The molecule has 1 saturated heterocycles. The average molecular weight is 267 g/mol. The topological polar surface area (TPSA) is 86.5 Å². The molecule has 1 fully saturated rings. The minimum Gasteiger partial charge on any atom is -0.481 e. The Balaban J connectivity index is 1.97. The van der Waals surface area contributed by atoms with Gasteiger partial charge in [-0.1, -0.05) is 0 Å². The van der Waals surface area contributed by atoms with Crippen molar-refractivity contribution in [3.05, 3.63) is 11.1 Å². The van der Waals surface area contributed by atoms with Crippen molar-refractivity contribution < 1.29 is 14.6 Å². The number of hydrogen-bond acceptors (Lipinski definition) is 6. The number of nitrogens with zero attached hydrogens (tertiary/aromatic N) is 3. The number of carboxylic acid groups (broad SMARTS) is 1. The third kappa shape index (κ3) is 3.18. The zero-order valence-corrected chi connectivity index (χ0v) is 10.5. The van der Waals surface area contributed by atoms with E-state index >= 15 is 0 Å². The van der Waals surface area contributed by atoms with Gasteiger partial charge in [-0.3, -0.25) is 4.79 Å². The van der Waals surface area contributed by atoms with E-state index in [2.05, 4.69) is 11.1 Å². The van der Waals surface area contributed by atoms with Crippen molar-refractivity contribution >= 4 is 22.4 Å². The van der Waals surface area contributed by atoms with E-state index in [0.717, 1.165) is 10.8 Å². The summed E-state index contributed by atoms with van der Waals surface area (Å²) in [7, 11) is 0. The quantitative estimate of drug-likeness (QED) is 0.871. The normalized spacial score (nSPS) is 19.5. The molecule has 1 aromatic heterocycles. The number of carbonyl (C=O) groups is 1. The second-order valence-corrected chi connectivity index (χ2v) is 4.79. The van der Waals surface area contributed by atoms with Crippen LogP contribution in [0.25, 0.3) is 0 Å². The van der Waals surface area contributed by atoms with Gasteiger partial charge < -0.3 is 14.7 Å². The molecule has 0 bridgehead atoms. The average Bonchev–Trinajstić information content (AvgIpc) is 2.85. The van der Waals surface area contributed by atoms with Crippen LogP contribution in [0.2, 0.25) is 0 Å². The molecule has 0 aliphatic carbocycles. The van der Waals surface area contributed by atoms with E-state index in [1.54, 1.807) is 0 Å². The molecule has 7 heteroatoms. The van der Waals surface area contributed by atoms with Crippen molar-refractivity contribution in [1.82, 2.24) is 4.98 Å². The summed E-state index contributed by atoms with van der Waals surface area (Å²) >= 11 is 1.48. The number of carboxylic acids is 1. The maximum Gasteiger partial charge on any atom is 0.303 e. The van der Waals surface area contributed by atoms with Gasteiger partial charge in [0.15, 0.2) is 11.2 Å². The van der Waals surface area contributed by atoms with Crippen molar-refractivity contribution in [2.24, 2.45) is 0 Å². The van der Waals surface area contributed by atoms with Crippen molar-refractivity contribution in [2.45, 2.75) is 18.9 Å². The number of aliphatic carboxylic acids is 1. The molecule has 2 heterocycles. The highest BCUT2D eigenvalue weighted by Gasteiger charge is 2.22. The van der Waals surface area contributed by atoms with Crippen LogP contribution in [0.4, 0.5) is 5.13 Å². The molecule has 18 heavy (non-hydrogen) atoms. The molecule has 1 N–H and O–H groups in total. The smallest absolute Gasteiger partial charge is 0.303 e. The highest BCUT2D eigenvalue weighted by Crippen LogP contribution is 2.23. The molecule has 1 atom stereocenters. The molecule has 1 aliphatic heterocycles. The fourth-order valence-corrected chi connectivity index (χ4v) is 2.59. The standard InChI is InChI=1S/C11H13N3O3S/c12-5-9-6-14(3-4-17-9)11-13-8(7-18-11)1-2-10(15)16/h7,9H,1-4,6H2,(H,15,16). The Morgan fingerprint density at radius 3 is 3.33 bits per heavy atom. The number of nitriles is 1. The number of hydrogen-bond donors (Lipinski definition) is 1. The summed E-state index contributed by atoms with van der Waals surface area (Å²) in [4.78, 5) is 16.9. The summed E-state index contributed by atoms with van der Waals surface area (Å²) in [6.45, 7) is 1.74. The van der Waals surface area contributed by atoms with Crippen molar-refractivity contribution in [3.63, 3.8) is 0 Å². The Kier molecular flexibility index (Phi) is 4.12. The lowest BCUT2D eigenvalue weighted by Crippen LogP contribution is -2.41. The molecule has 0 aromatic carbocycles. The van der Waals surface area contributed by atoms with E-state index in [9.17, 15) is 4.79 Å². The molecular formula is C11H13N3O3S. The van der Waals surface area contributed by atoms with Crippen molar-refractivity contribution in [1.29, 1.82) is 5.26 Å². The zero-order valence-electron chi connectivity index (χ0n) is 9.70. The second kappa shape index (κ2) is 5.80. The third-order valence-corrected chi connectivity index (χ3v) is 3.57. The van der Waals surface area contributed by atoms with E-state index in [1.807, 2.05) is 10.3 Å². The van der Waals surface area contributed by atoms with Gasteiger partial charge in [-0.05, 0) is 0 Å². The SMILES string of the molecule is N#CC1CN(c2nc(CCC(=O)O)cs2)CCO1. The number of aromatic nitrogens is 1. The van der Waals surface area contributed by atoms with Gasteiger partial charge in [0.1, 0.15) is 0 Å². The van der Waals surface area contributed by atoms with Gasteiger partial charge in [0.2, 0.25) is 0 Å². The largest absolute Gasteiger partial charge is 0.481 e. The molecule has 0 radical (unpaired) electrons. The molecule has 0 spiro atoms. The lowest BCUT2D eigenvalue weighted by Gasteiger charge is -2.29. The Bertz CT molecular complexity index is 468. The van der Waals surface area contributed by atoms with Crippen LogP contribution in [-0.4, -0.2) is 41.9 Å². The number of rotatable bonds is 4. The van der Waals surface area contributed by atoms with Gasteiger partial charge in [0, 0.05) is 18.3 Å². The summed E-state index contributed by atoms with van der Waals surface area (Å²) < 4.78 is 5.26. The van der Waals surface area contributed by atoms with Gasteiger partial charge >= 0.3 is 5.97 Å². The Morgan fingerprint density at radius 2 is 2.61 bits per heavy atom. The van der Waals surface area contributed by atoms with Gasteiger partial charge in [0.05, 0.1) is 31.3 Å². The van der Waals surface area contributed by atoms with Crippen LogP contribution in [0.15, 0.2) is 5.38 Å². The molecule has 6 nitrogen and oxygen atoms in total. The highest BCUT2D eigenvalue weighted by molar-refractivity contribution is 7.13. The fraction of sp³-hybridized carbons (Fsp3) is 0.545. The Hall–Kier alpha value is -1.65. The Labute approximate surface area is 108 Å². The van der Waals surface area contributed by atoms with Crippen LogP contribution in [0.3, 0.4) is 0 Å². The number of thiazole rings is 1. The first kappa shape index (κ1) is 12.8. The Morgan fingerprint density at radius 1 is 1.78 bits per heavy atom. The van der Waals surface area contributed by atoms with Crippen LogP contribution in [0, 0.1) is 11.3 Å². The molecule has 2 rings (SSSR count). The van der Waals surface area contributed by atoms with Crippen LogP contribution in [-0.2, 0) is 16.0 Å². The summed E-state index contributed by atoms with van der Waals surface area (Å²) in [5, 5.41) is 20.1. The van der Waals surface area contributed by atoms with Gasteiger partial charge in [0.25, 0.3) is 0 Å². The van der Waals surface area contributed by atoms with E-state index in [0.29, 0.717) is 26.1 Å². The third-order valence-electron chi connectivity index (χ3n) is 2.62. The van der Waals surface area contributed by atoms with E-state index in [-0.39, 0.29) is 6.42 Å². The van der Waals surface area contributed by atoms with Crippen molar-refractivity contribution in [2.75, 3.05) is 24.6 Å². The van der Waals surface area contributed by atoms with Gasteiger partial charge in [-0.25, -0.2) is 4.98 Å². The van der Waals surface area contributed by atoms with E-state index in [1.165, 1.54) is 11.3 Å². The molecule has 96 valence electrons. The number of anilines is 1. The minimum absolute atomic E-state index is 0.0904. The van der Waals surface area contributed by atoms with Crippen LogP contribution < -0.4 is 4.90 Å². The number of morpholine rings is 1. The maximum absolute atomic E-state index is 10.5. The summed E-state index contributed by atoms with van der Waals surface area (Å²) in [6, 6.07) is 2.09. The lowest BCUT2D eigenvalue weighted by atomic mass is 10.2. The highest BCUT2D eigenvalue weighted by atomic mass is 32.1. The lowest BCUT2D eigenvalue weighted by molar-refractivity contribution is -0.136. The monoisotopic (exact) mass is 267 g/mol. The second-order valence-electron chi connectivity index (χ2n) is 3.95. The summed E-state index contributed by atoms with van der Waals surface area (Å²) in [6.07, 6.45) is 0.121. The molecule has 0 amide bonds. The van der Waals surface area contributed by atoms with Crippen LogP contribution >= 0.6 is 11.3 Å². The molecule has 1 unspecified atom stereocenters. The molecular weight excluding hydrogens is 254 g/mol. The molecule has 1 aliphatic rings. The predicted octanol–water partition coefficient (Wildman–Crippen LogP) is 0.889.